The molecule has 1 aliphatic heterocycles. The summed E-state index contributed by atoms with van der Waals surface area (Å²) < 4.78 is 41.9. The molecule has 5 nitrogen and oxygen atoms in total. The van der Waals surface area contributed by atoms with E-state index in [1.54, 1.807) is 24.3 Å². The smallest absolute Gasteiger partial charge is 0.252 e. The minimum atomic E-state index is -3.63. The van der Waals surface area contributed by atoms with Gasteiger partial charge in [0.05, 0.1) is 15.4 Å². The van der Waals surface area contributed by atoms with Crippen LogP contribution in [-0.4, -0.2) is 38.8 Å². The second-order valence-corrected chi connectivity index (χ2v) is 10.7. The maximum absolute atomic E-state index is 14.0. The highest BCUT2D eigenvalue weighted by atomic mass is 79.9. The predicted octanol–water partition coefficient (Wildman–Crippen LogP) is 3.71. The lowest BCUT2D eigenvalue weighted by atomic mass is 9.98. The van der Waals surface area contributed by atoms with E-state index < -0.39 is 21.8 Å². The topological polar surface area (TPSA) is 57.7 Å². The predicted molar refractivity (Wildman–Crippen MR) is 103 cm³/mol. The van der Waals surface area contributed by atoms with Crippen molar-refractivity contribution in [2.75, 3.05) is 25.0 Å². The monoisotopic (exact) mass is 460 g/mol. The molecule has 0 aliphatic carbocycles. The Labute approximate surface area is 164 Å². The van der Waals surface area contributed by atoms with Crippen LogP contribution in [0.25, 0.3) is 0 Å². The van der Waals surface area contributed by atoms with Crippen LogP contribution >= 0.6 is 27.3 Å². The van der Waals surface area contributed by atoms with E-state index >= 15 is 0 Å². The lowest BCUT2D eigenvalue weighted by molar-refractivity contribution is -0.123. The van der Waals surface area contributed by atoms with Gasteiger partial charge in [-0.1, -0.05) is 12.1 Å². The number of amides is 1. The molecule has 1 amide bonds. The van der Waals surface area contributed by atoms with Crippen LogP contribution in [0.1, 0.15) is 12.8 Å². The SMILES string of the molecule is CN(C(=O)C1CCCN(S(=O)(=O)c2ccc(Br)s2)C1)c1ccccc1F. The zero-order valence-electron chi connectivity index (χ0n) is 14.1. The van der Waals surface area contributed by atoms with E-state index in [1.165, 1.54) is 28.4 Å². The van der Waals surface area contributed by atoms with Gasteiger partial charge in [-0.05, 0) is 53.0 Å². The van der Waals surface area contributed by atoms with Gasteiger partial charge >= 0.3 is 0 Å². The second-order valence-electron chi connectivity index (χ2n) is 6.11. The minimum absolute atomic E-state index is 0.107. The Morgan fingerprint density at radius 3 is 2.69 bits per heavy atom. The van der Waals surface area contributed by atoms with Crippen LogP contribution < -0.4 is 4.90 Å². The molecular formula is C17H18BrFN2O3S2. The molecule has 1 atom stereocenters. The largest absolute Gasteiger partial charge is 0.313 e. The highest BCUT2D eigenvalue weighted by molar-refractivity contribution is 9.11. The number of para-hydroxylation sites is 1. The number of benzene rings is 1. The van der Waals surface area contributed by atoms with Crippen molar-refractivity contribution in [3.8, 4) is 0 Å². The first-order valence-corrected chi connectivity index (χ1v) is 11.1. The normalized spacial score (nSPS) is 18.7. The highest BCUT2D eigenvalue weighted by Gasteiger charge is 2.35. The summed E-state index contributed by atoms with van der Waals surface area (Å²) in [5.41, 5.74) is 0.194. The van der Waals surface area contributed by atoms with Gasteiger partial charge in [0, 0.05) is 20.1 Å². The van der Waals surface area contributed by atoms with Gasteiger partial charge in [-0.2, -0.15) is 4.31 Å². The van der Waals surface area contributed by atoms with E-state index in [1.807, 2.05) is 0 Å². The fraction of sp³-hybridized carbons (Fsp3) is 0.353. The Balaban J connectivity index is 1.78. The lowest BCUT2D eigenvalue weighted by Crippen LogP contribution is -2.45. The molecule has 0 N–H and O–H groups in total. The number of halogens is 2. The average Bonchev–Trinajstić information content (AvgIpc) is 3.08. The molecule has 9 heteroatoms. The van der Waals surface area contributed by atoms with Crippen LogP contribution in [0.2, 0.25) is 0 Å². The summed E-state index contributed by atoms with van der Waals surface area (Å²) in [5.74, 6) is -1.25. The summed E-state index contributed by atoms with van der Waals surface area (Å²) in [7, 11) is -2.11. The summed E-state index contributed by atoms with van der Waals surface area (Å²) >= 11 is 4.42. The quantitative estimate of drug-likeness (QED) is 0.698. The van der Waals surface area contributed by atoms with E-state index in [2.05, 4.69) is 15.9 Å². The van der Waals surface area contributed by atoms with Gasteiger partial charge < -0.3 is 4.90 Å². The summed E-state index contributed by atoms with van der Waals surface area (Å²) in [4.78, 5) is 14.1. The van der Waals surface area contributed by atoms with Crippen molar-refractivity contribution < 1.29 is 17.6 Å². The van der Waals surface area contributed by atoms with E-state index in [4.69, 9.17) is 0 Å². The Morgan fingerprint density at radius 1 is 1.31 bits per heavy atom. The third-order valence-electron chi connectivity index (χ3n) is 4.42. The Bertz CT molecular complexity index is 916. The zero-order valence-corrected chi connectivity index (χ0v) is 17.3. The van der Waals surface area contributed by atoms with E-state index in [9.17, 15) is 17.6 Å². The summed E-state index contributed by atoms with van der Waals surface area (Å²) in [6.45, 7) is 0.487. The molecule has 3 rings (SSSR count). The van der Waals surface area contributed by atoms with Gasteiger partial charge in [0.15, 0.2) is 0 Å². The fourth-order valence-electron chi connectivity index (χ4n) is 3.04. The Kier molecular flexibility index (Phi) is 5.81. The third kappa shape index (κ3) is 3.85. The van der Waals surface area contributed by atoms with Crippen molar-refractivity contribution in [3.63, 3.8) is 0 Å². The van der Waals surface area contributed by atoms with Crippen molar-refractivity contribution in [2.45, 2.75) is 17.1 Å². The maximum Gasteiger partial charge on any atom is 0.252 e. The van der Waals surface area contributed by atoms with Crippen LogP contribution in [0.4, 0.5) is 10.1 Å². The molecule has 1 fully saturated rings. The maximum atomic E-state index is 14.0. The first-order valence-electron chi connectivity index (χ1n) is 8.08. The van der Waals surface area contributed by atoms with E-state index in [-0.39, 0.29) is 22.3 Å². The number of thiophene rings is 1. The molecule has 1 unspecified atom stereocenters. The standard InChI is InChI=1S/C17H18BrFN2O3S2/c1-20(14-7-3-2-6-13(14)19)17(22)12-5-4-10-21(11-12)26(23,24)16-9-8-15(18)25-16/h2-3,6-9,12H,4-5,10-11H2,1H3. The number of rotatable bonds is 4. The van der Waals surface area contributed by atoms with Gasteiger partial charge in [0.1, 0.15) is 10.0 Å². The van der Waals surface area contributed by atoms with Crippen molar-refractivity contribution in [3.05, 3.63) is 46.0 Å². The third-order valence-corrected chi connectivity index (χ3v) is 8.38. The molecule has 1 aromatic heterocycles. The highest BCUT2D eigenvalue weighted by Crippen LogP contribution is 2.31. The fourth-order valence-corrected chi connectivity index (χ4v) is 6.73. The molecular weight excluding hydrogens is 443 g/mol. The molecule has 0 bridgehead atoms. The molecule has 26 heavy (non-hydrogen) atoms. The van der Waals surface area contributed by atoms with Crippen molar-refractivity contribution in [2.24, 2.45) is 5.92 Å². The first-order chi connectivity index (χ1) is 12.3. The van der Waals surface area contributed by atoms with Crippen molar-refractivity contribution in [1.29, 1.82) is 0 Å². The minimum Gasteiger partial charge on any atom is -0.313 e. The molecule has 0 saturated carbocycles. The van der Waals surface area contributed by atoms with Crippen LogP contribution in [0, 0.1) is 11.7 Å². The van der Waals surface area contributed by atoms with Crippen LogP contribution in [0.3, 0.4) is 0 Å². The molecule has 2 aromatic rings. The number of piperidine rings is 1. The summed E-state index contributed by atoms with van der Waals surface area (Å²) in [6, 6.07) is 9.30. The molecule has 2 heterocycles. The molecule has 140 valence electrons. The molecule has 0 radical (unpaired) electrons. The Hall–Kier alpha value is -1.29. The second kappa shape index (κ2) is 7.75. The lowest BCUT2D eigenvalue weighted by Gasteiger charge is -2.33. The number of hydrogen-bond donors (Lipinski definition) is 0. The summed E-state index contributed by atoms with van der Waals surface area (Å²) in [6.07, 6.45) is 1.17. The van der Waals surface area contributed by atoms with Gasteiger partial charge in [0.2, 0.25) is 5.91 Å². The van der Waals surface area contributed by atoms with Crippen LogP contribution in [0.15, 0.2) is 44.4 Å². The van der Waals surface area contributed by atoms with E-state index in [0.29, 0.717) is 19.4 Å². The molecule has 1 saturated heterocycles. The van der Waals surface area contributed by atoms with Gasteiger partial charge in [-0.25, -0.2) is 12.8 Å². The number of sulfonamides is 1. The first kappa shape index (κ1) is 19.5. The Morgan fingerprint density at radius 2 is 2.04 bits per heavy atom. The molecule has 1 aliphatic rings. The summed E-state index contributed by atoms with van der Waals surface area (Å²) in [5, 5.41) is 0. The van der Waals surface area contributed by atoms with Gasteiger partial charge in [-0.3, -0.25) is 4.79 Å². The number of anilines is 1. The zero-order chi connectivity index (χ0) is 18.9. The number of hydrogen-bond acceptors (Lipinski definition) is 4. The van der Waals surface area contributed by atoms with Gasteiger partial charge in [0.25, 0.3) is 10.0 Å². The average molecular weight is 461 g/mol. The van der Waals surface area contributed by atoms with Crippen LogP contribution in [-0.2, 0) is 14.8 Å². The van der Waals surface area contributed by atoms with Crippen molar-refractivity contribution in [1.82, 2.24) is 4.31 Å². The van der Waals surface area contributed by atoms with Crippen molar-refractivity contribution >= 4 is 48.9 Å². The number of carbonyl (C=O) groups is 1. The molecule has 0 spiro atoms. The number of nitrogens with zero attached hydrogens (tertiary/aromatic N) is 2. The van der Waals surface area contributed by atoms with Crippen LogP contribution in [0.5, 0.6) is 0 Å². The van der Waals surface area contributed by atoms with E-state index in [0.717, 1.165) is 15.1 Å². The molecule has 1 aromatic carbocycles. The number of carbonyl (C=O) groups excluding carboxylic acids is 1. The van der Waals surface area contributed by atoms with Gasteiger partial charge in [-0.15, -0.1) is 11.3 Å².